The van der Waals surface area contributed by atoms with Crippen molar-refractivity contribution in [1.82, 2.24) is 4.98 Å². The van der Waals surface area contributed by atoms with E-state index in [2.05, 4.69) is 96.0 Å². The fraction of sp³-hybridized carbons (Fsp3) is 0. The summed E-state index contributed by atoms with van der Waals surface area (Å²) in [6.45, 7) is 0. The average Bonchev–Trinajstić information content (AvgIpc) is 2.72. The fourth-order valence-corrected chi connectivity index (χ4v) is 3.72. The SMILES string of the molecule is c1cc(-c2ccncc2)cc(-c2c3ccccc3cc3ccccc23)c1. The third-order valence-electron chi connectivity index (χ3n) is 4.94. The van der Waals surface area contributed by atoms with Crippen LogP contribution in [0.2, 0.25) is 0 Å². The van der Waals surface area contributed by atoms with Gasteiger partial charge in [0.15, 0.2) is 0 Å². The predicted octanol–water partition coefficient (Wildman–Crippen LogP) is 6.72. The molecule has 1 heteroatoms. The van der Waals surface area contributed by atoms with Gasteiger partial charge in [-0.1, -0.05) is 66.7 Å². The van der Waals surface area contributed by atoms with Gasteiger partial charge in [0.25, 0.3) is 0 Å². The molecule has 26 heavy (non-hydrogen) atoms. The first-order valence-corrected chi connectivity index (χ1v) is 8.81. The Morgan fingerprint density at radius 1 is 0.462 bits per heavy atom. The monoisotopic (exact) mass is 331 g/mol. The molecule has 0 aliphatic heterocycles. The molecule has 1 nitrogen and oxygen atoms in total. The minimum atomic E-state index is 1.19. The first kappa shape index (κ1) is 14.9. The van der Waals surface area contributed by atoms with E-state index in [4.69, 9.17) is 0 Å². The predicted molar refractivity (Wildman–Crippen MR) is 110 cm³/mol. The molecule has 0 aliphatic rings. The lowest BCUT2D eigenvalue weighted by Gasteiger charge is -2.13. The van der Waals surface area contributed by atoms with Gasteiger partial charge in [-0.25, -0.2) is 0 Å². The lowest BCUT2D eigenvalue weighted by atomic mass is 9.91. The molecule has 0 N–H and O–H groups in total. The molecule has 0 amide bonds. The molecule has 0 atom stereocenters. The number of aromatic nitrogens is 1. The van der Waals surface area contributed by atoms with Gasteiger partial charge in [0, 0.05) is 12.4 Å². The summed E-state index contributed by atoms with van der Waals surface area (Å²) in [6, 6.07) is 32.4. The molecule has 0 bridgehead atoms. The molecule has 5 aromatic rings. The van der Waals surface area contributed by atoms with Crippen molar-refractivity contribution in [2.45, 2.75) is 0 Å². The number of fused-ring (bicyclic) bond motifs is 2. The summed E-state index contributed by atoms with van der Waals surface area (Å²) < 4.78 is 0. The van der Waals surface area contributed by atoms with Gasteiger partial charge in [-0.3, -0.25) is 4.98 Å². The highest BCUT2D eigenvalue weighted by Crippen LogP contribution is 2.37. The number of hydrogen-bond acceptors (Lipinski definition) is 1. The van der Waals surface area contributed by atoms with Gasteiger partial charge in [0.1, 0.15) is 0 Å². The number of nitrogens with zero attached hydrogens (tertiary/aromatic N) is 1. The molecule has 5 rings (SSSR count). The van der Waals surface area contributed by atoms with Crippen molar-refractivity contribution in [3.05, 3.63) is 103 Å². The van der Waals surface area contributed by atoms with Crippen LogP contribution in [-0.4, -0.2) is 4.98 Å². The van der Waals surface area contributed by atoms with Crippen LogP contribution in [0.3, 0.4) is 0 Å². The number of pyridine rings is 1. The van der Waals surface area contributed by atoms with E-state index >= 15 is 0 Å². The molecule has 122 valence electrons. The Kier molecular flexibility index (Phi) is 3.50. The molecule has 1 aromatic heterocycles. The lowest BCUT2D eigenvalue weighted by Crippen LogP contribution is -1.87. The third kappa shape index (κ3) is 2.46. The quantitative estimate of drug-likeness (QED) is 0.327. The molecule has 0 aliphatic carbocycles. The summed E-state index contributed by atoms with van der Waals surface area (Å²) in [5.41, 5.74) is 4.94. The molecule has 1 heterocycles. The first-order valence-electron chi connectivity index (χ1n) is 8.81. The van der Waals surface area contributed by atoms with Gasteiger partial charge >= 0.3 is 0 Å². The van der Waals surface area contributed by atoms with E-state index in [-0.39, 0.29) is 0 Å². The van der Waals surface area contributed by atoms with Gasteiger partial charge in [0.05, 0.1) is 0 Å². The summed E-state index contributed by atoms with van der Waals surface area (Å²) in [5, 5.41) is 5.13. The Balaban J connectivity index is 1.84. The van der Waals surface area contributed by atoms with Crippen molar-refractivity contribution in [2.24, 2.45) is 0 Å². The third-order valence-corrected chi connectivity index (χ3v) is 4.94. The zero-order valence-corrected chi connectivity index (χ0v) is 14.3. The fourth-order valence-electron chi connectivity index (χ4n) is 3.72. The molecule has 4 aromatic carbocycles. The minimum absolute atomic E-state index is 1.19. The Bertz CT molecular complexity index is 1170. The number of benzene rings is 4. The smallest absolute Gasteiger partial charge is 0.0273 e. The zero-order valence-electron chi connectivity index (χ0n) is 14.3. The second-order valence-corrected chi connectivity index (χ2v) is 6.51. The molecule has 0 saturated carbocycles. The molecular formula is C25H17N. The lowest BCUT2D eigenvalue weighted by molar-refractivity contribution is 1.33. The summed E-state index contributed by atoms with van der Waals surface area (Å²) in [6.07, 6.45) is 3.69. The first-order chi connectivity index (χ1) is 12.9. The van der Waals surface area contributed by atoms with Crippen LogP contribution < -0.4 is 0 Å². The second-order valence-electron chi connectivity index (χ2n) is 6.51. The van der Waals surface area contributed by atoms with Gasteiger partial charge in [-0.15, -0.1) is 0 Å². The number of rotatable bonds is 2. The molecule has 0 fully saturated rings. The van der Waals surface area contributed by atoms with Crippen molar-refractivity contribution in [2.75, 3.05) is 0 Å². The van der Waals surface area contributed by atoms with E-state index < -0.39 is 0 Å². The van der Waals surface area contributed by atoms with E-state index in [1.807, 2.05) is 12.4 Å². The number of hydrogen-bond donors (Lipinski definition) is 0. The van der Waals surface area contributed by atoms with Crippen molar-refractivity contribution in [3.8, 4) is 22.3 Å². The molecule has 0 saturated heterocycles. The maximum Gasteiger partial charge on any atom is 0.0273 e. The van der Waals surface area contributed by atoms with Crippen LogP contribution in [0.4, 0.5) is 0 Å². The van der Waals surface area contributed by atoms with Crippen molar-refractivity contribution >= 4 is 21.5 Å². The van der Waals surface area contributed by atoms with Gasteiger partial charge in [-0.2, -0.15) is 0 Å². The van der Waals surface area contributed by atoms with Gasteiger partial charge < -0.3 is 0 Å². The van der Waals surface area contributed by atoms with Gasteiger partial charge in [-0.05, 0) is 68.1 Å². The van der Waals surface area contributed by atoms with Crippen molar-refractivity contribution in [1.29, 1.82) is 0 Å². The van der Waals surface area contributed by atoms with Gasteiger partial charge in [0.2, 0.25) is 0 Å². The minimum Gasteiger partial charge on any atom is -0.265 e. The van der Waals surface area contributed by atoms with Crippen LogP contribution in [0.15, 0.2) is 103 Å². The van der Waals surface area contributed by atoms with E-state index in [0.717, 1.165) is 0 Å². The van der Waals surface area contributed by atoms with Crippen LogP contribution in [0.25, 0.3) is 43.8 Å². The molecule has 0 spiro atoms. The zero-order chi connectivity index (χ0) is 17.3. The van der Waals surface area contributed by atoms with Crippen LogP contribution in [-0.2, 0) is 0 Å². The van der Waals surface area contributed by atoms with Crippen LogP contribution in [0, 0.1) is 0 Å². The van der Waals surface area contributed by atoms with E-state index in [1.165, 1.54) is 43.8 Å². The highest BCUT2D eigenvalue weighted by atomic mass is 14.6. The highest BCUT2D eigenvalue weighted by molar-refractivity contribution is 6.12. The second kappa shape index (κ2) is 6.12. The summed E-state index contributed by atoms with van der Waals surface area (Å²) in [5.74, 6) is 0. The maximum atomic E-state index is 4.13. The molecule has 0 radical (unpaired) electrons. The molecular weight excluding hydrogens is 314 g/mol. The standard InChI is InChI=1S/C25H17N/c1-3-10-23-20(6-1)17-21-7-2-4-11-24(21)25(23)22-9-5-8-19(16-22)18-12-14-26-15-13-18/h1-17H. The topological polar surface area (TPSA) is 12.9 Å². The Morgan fingerprint density at radius 2 is 1.08 bits per heavy atom. The Morgan fingerprint density at radius 3 is 1.77 bits per heavy atom. The Hall–Kier alpha value is -3.45. The van der Waals surface area contributed by atoms with Crippen LogP contribution in [0.5, 0.6) is 0 Å². The Labute approximate surface area is 152 Å². The average molecular weight is 331 g/mol. The van der Waals surface area contributed by atoms with Crippen LogP contribution in [0.1, 0.15) is 0 Å². The largest absolute Gasteiger partial charge is 0.265 e. The normalized spacial score (nSPS) is 11.1. The summed E-state index contributed by atoms with van der Waals surface area (Å²) in [4.78, 5) is 4.13. The van der Waals surface area contributed by atoms with Crippen molar-refractivity contribution in [3.63, 3.8) is 0 Å². The van der Waals surface area contributed by atoms with E-state index in [1.54, 1.807) is 0 Å². The highest BCUT2D eigenvalue weighted by Gasteiger charge is 2.10. The summed E-state index contributed by atoms with van der Waals surface area (Å²) >= 11 is 0. The van der Waals surface area contributed by atoms with E-state index in [9.17, 15) is 0 Å². The van der Waals surface area contributed by atoms with Crippen molar-refractivity contribution < 1.29 is 0 Å². The van der Waals surface area contributed by atoms with E-state index in [0.29, 0.717) is 0 Å². The summed E-state index contributed by atoms with van der Waals surface area (Å²) in [7, 11) is 0. The van der Waals surface area contributed by atoms with Crippen LogP contribution >= 0.6 is 0 Å². The molecule has 0 unspecified atom stereocenters. The maximum absolute atomic E-state index is 4.13.